The number of nitrogens with zero attached hydrogens (tertiary/aromatic N) is 3. The van der Waals surface area contributed by atoms with Crippen molar-refractivity contribution in [2.75, 3.05) is 24.9 Å². The molecule has 10 heteroatoms. The Morgan fingerprint density at radius 2 is 1.79 bits per heavy atom. The molecule has 0 unspecified atom stereocenters. The van der Waals surface area contributed by atoms with Crippen molar-refractivity contribution >= 4 is 33.0 Å². The molecule has 2 aromatic heterocycles. The quantitative estimate of drug-likeness (QED) is 0.561. The summed E-state index contributed by atoms with van der Waals surface area (Å²) in [6.07, 6.45) is 3.20. The van der Waals surface area contributed by atoms with Gasteiger partial charge in [0.05, 0.1) is 18.5 Å². The van der Waals surface area contributed by atoms with Gasteiger partial charge in [0.1, 0.15) is 20.5 Å². The Balaban J connectivity index is 1.63. The minimum Gasteiger partial charge on any atom is -0.497 e. The SMILES string of the molecule is COc1ccc(NS(=O)(=O)c2cc(-c3nc(C)c(C(=O)N4CCCCC4)s3)n(C)c2C)cc1. The van der Waals surface area contributed by atoms with Gasteiger partial charge in [0.2, 0.25) is 0 Å². The predicted molar refractivity (Wildman–Crippen MR) is 130 cm³/mol. The highest BCUT2D eigenvalue weighted by atomic mass is 32.2. The Morgan fingerprint density at radius 1 is 1.12 bits per heavy atom. The lowest BCUT2D eigenvalue weighted by atomic mass is 10.1. The summed E-state index contributed by atoms with van der Waals surface area (Å²) in [5.41, 5.74) is 2.36. The van der Waals surface area contributed by atoms with Gasteiger partial charge < -0.3 is 14.2 Å². The number of carbonyl (C=O) groups is 1. The van der Waals surface area contributed by atoms with E-state index in [1.807, 2.05) is 11.8 Å². The number of nitrogens with one attached hydrogen (secondary N) is 1. The molecule has 1 N–H and O–H groups in total. The number of likely N-dealkylation sites (tertiary alicyclic amines) is 1. The van der Waals surface area contributed by atoms with Crippen LogP contribution in [0.1, 0.15) is 40.3 Å². The van der Waals surface area contributed by atoms with Crippen LogP contribution >= 0.6 is 11.3 Å². The van der Waals surface area contributed by atoms with Crippen LogP contribution in [0.25, 0.3) is 10.7 Å². The van der Waals surface area contributed by atoms with Crippen LogP contribution in [-0.4, -0.2) is 49.0 Å². The first kappa shape index (κ1) is 23.3. The van der Waals surface area contributed by atoms with Crippen molar-refractivity contribution in [1.29, 1.82) is 0 Å². The van der Waals surface area contributed by atoms with Gasteiger partial charge in [-0.15, -0.1) is 11.3 Å². The van der Waals surface area contributed by atoms with Gasteiger partial charge in [-0.3, -0.25) is 9.52 Å². The number of carbonyl (C=O) groups excluding carboxylic acids is 1. The first-order chi connectivity index (χ1) is 15.7. The number of sulfonamides is 1. The predicted octanol–water partition coefficient (Wildman–Crippen LogP) is 4.20. The number of aryl methyl sites for hydroxylation is 1. The maximum atomic E-state index is 13.1. The number of anilines is 1. The molecule has 1 fully saturated rings. The highest BCUT2D eigenvalue weighted by Gasteiger charge is 2.27. The number of rotatable bonds is 6. The Hall–Kier alpha value is -2.85. The molecule has 0 bridgehead atoms. The van der Waals surface area contributed by atoms with Crippen LogP contribution < -0.4 is 9.46 Å². The average molecular weight is 489 g/mol. The van der Waals surface area contributed by atoms with Crippen LogP contribution in [0.5, 0.6) is 5.75 Å². The lowest BCUT2D eigenvalue weighted by molar-refractivity contribution is 0.0728. The zero-order valence-electron chi connectivity index (χ0n) is 19.2. The molecule has 0 spiro atoms. The molecule has 0 aliphatic carbocycles. The average Bonchev–Trinajstić information content (AvgIpc) is 3.34. The van der Waals surface area contributed by atoms with Crippen molar-refractivity contribution in [2.24, 2.45) is 7.05 Å². The number of piperidine rings is 1. The van der Waals surface area contributed by atoms with E-state index in [1.54, 1.807) is 56.0 Å². The fourth-order valence-electron chi connectivity index (χ4n) is 3.96. The summed E-state index contributed by atoms with van der Waals surface area (Å²) in [7, 11) is -0.459. The molecule has 176 valence electrons. The fourth-order valence-corrected chi connectivity index (χ4v) is 6.40. The van der Waals surface area contributed by atoms with E-state index >= 15 is 0 Å². The Kier molecular flexibility index (Phi) is 6.49. The van der Waals surface area contributed by atoms with Crippen molar-refractivity contribution in [3.63, 3.8) is 0 Å². The van der Waals surface area contributed by atoms with Crippen molar-refractivity contribution < 1.29 is 17.9 Å². The van der Waals surface area contributed by atoms with Crippen LogP contribution in [0.2, 0.25) is 0 Å². The summed E-state index contributed by atoms with van der Waals surface area (Å²) in [6, 6.07) is 8.31. The third kappa shape index (κ3) is 4.63. The van der Waals surface area contributed by atoms with Gasteiger partial charge in [0.25, 0.3) is 15.9 Å². The number of methoxy groups -OCH3 is 1. The smallest absolute Gasteiger partial charge is 0.265 e. The molecule has 1 aromatic carbocycles. The van der Waals surface area contributed by atoms with Crippen LogP contribution in [0.15, 0.2) is 35.2 Å². The molecule has 8 nitrogen and oxygen atoms in total. The molecule has 1 amide bonds. The number of hydrogen-bond acceptors (Lipinski definition) is 6. The fraction of sp³-hybridized carbons (Fsp3) is 0.391. The summed E-state index contributed by atoms with van der Waals surface area (Å²) in [4.78, 5) is 20.3. The maximum Gasteiger partial charge on any atom is 0.265 e. The van der Waals surface area contributed by atoms with Crippen LogP contribution in [-0.2, 0) is 17.1 Å². The zero-order chi connectivity index (χ0) is 23.8. The van der Waals surface area contributed by atoms with Crippen LogP contribution in [0, 0.1) is 13.8 Å². The van der Waals surface area contributed by atoms with Crippen molar-refractivity contribution in [2.45, 2.75) is 38.0 Å². The largest absolute Gasteiger partial charge is 0.497 e. The topological polar surface area (TPSA) is 93.5 Å². The second-order valence-electron chi connectivity index (χ2n) is 8.16. The molecular formula is C23H28N4O4S2. The summed E-state index contributed by atoms with van der Waals surface area (Å²) in [6.45, 7) is 5.13. The van der Waals surface area contributed by atoms with Gasteiger partial charge in [-0.25, -0.2) is 13.4 Å². The highest BCUT2D eigenvalue weighted by molar-refractivity contribution is 7.92. The first-order valence-electron chi connectivity index (χ1n) is 10.8. The van der Waals surface area contributed by atoms with Crippen molar-refractivity contribution in [3.8, 4) is 16.5 Å². The molecular weight excluding hydrogens is 460 g/mol. The summed E-state index contributed by atoms with van der Waals surface area (Å²) in [5.74, 6) is 0.654. The van der Waals surface area contributed by atoms with E-state index in [1.165, 1.54) is 11.3 Å². The Bertz CT molecular complexity index is 1270. The lowest BCUT2D eigenvalue weighted by Gasteiger charge is -2.26. The number of ether oxygens (including phenoxy) is 1. The van der Waals surface area contributed by atoms with E-state index in [9.17, 15) is 13.2 Å². The van der Waals surface area contributed by atoms with E-state index in [0.29, 0.717) is 38.4 Å². The molecule has 3 aromatic rings. The van der Waals surface area contributed by atoms with Gasteiger partial charge >= 0.3 is 0 Å². The highest BCUT2D eigenvalue weighted by Crippen LogP contribution is 2.34. The standard InChI is InChI=1S/C23H28N4O4S2/c1-15-21(23(28)27-12-6-5-7-13-27)32-22(24-15)19-14-20(16(2)26(19)3)33(29,30)25-17-8-10-18(31-4)11-9-17/h8-11,14,25H,5-7,12-13H2,1-4H3. The maximum absolute atomic E-state index is 13.1. The number of amides is 1. The first-order valence-corrected chi connectivity index (χ1v) is 13.1. The van der Waals surface area contributed by atoms with Gasteiger partial charge in [-0.2, -0.15) is 0 Å². The van der Waals surface area contributed by atoms with Gasteiger partial charge in [0.15, 0.2) is 0 Å². The van der Waals surface area contributed by atoms with E-state index in [0.717, 1.165) is 32.4 Å². The van der Waals surface area contributed by atoms with E-state index in [-0.39, 0.29) is 10.8 Å². The minimum absolute atomic E-state index is 0.0101. The van der Waals surface area contributed by atoms with E-state index in [2.05, 4.69) is 9.71 Å². The number of benzene rings is 1. The summed E-state index contributed by atoms with van der Waals surface area (Å²) < 4.78 is 35.8. The molecule has 0 radical (unpaired) electrons. The zero-order valence-corrected chi connectivity index (χ0v) is 20.8. The lowest BCUT2D eigenvalue weighted by Crippen LogP contribution is -2.35. The van der Waals surface area contributed by atoms with Crippen molar-refractivity contribution in [3.05, 3.63) is 46.6 Å². The number of aromatic nitrogens is 2. The second kappa shape index (κ2) is 9.18. The molecule has 33 heavy (non-hydrogen) atoms. The number of hydrogen-bond donors (Lipinski definition) is 1. The normalized spacial score (nSPS) is 14.4. The van der Waals surface area contributed by atoms with Crippen LogP contribution in [0.4, 0.5) is 5.69 Å². The third-order valence-corrected chi connectivity index (χ3v) is 8.64. The molecule has 3 heterocycles. The molecule has 0 saturated carbocycles. The van der Waals surface area contributed by atoms with Gasteiger partial charge in [0, 0.05) is 31.5 Å². The van der Waals surface area contributed by atoms with Crippen molar-refractivity contribution in [1.82, 2.24) is 14.5 Å². The van der Waals surface area contributed by atoms with Gasteiger partial charge in [-0.05, 0) is 63.4 Å². The summed E-state index contributed by atoms with van der Waals surface area (Å²) in [5, 5.41) is 0.629. The molecule has 4 rings (SSSR count). The number of thiazole rings is 1. The molecule has 1 saturated heterocycles. The molecule has 1 aliphatic heterocycles. The Labute approximate surface area is 198 Å². The monoisotopic (exact) mass is 488 g/mol. The third-order valence-electron chi connectivity index (χ3n) is 5.97. The summed E-state index contributed by atoms with van der Waals surface area (Å²) >= 11 is 1.32. The van der Waals surface area contributed by atoms with Crippen LogP contribution in [0.3, 0.4) is 0 Å². The minimum atomic E-state index is -3.82. The van der Waals surface area contributed by atoms with E-state index in [4.69, 9.17) is 4.74 Å². The second-order valence-corrected chi connectivity index (χ2v) is 10.8. The molecule has 1 aliphatic rings. The van der Waals surface area contributed by atoms with E-state index < -0.39 is 10.0 Å². The molecule has 0 atom stereocenters. The van der Waals surface area contributed by atoms with Gasteiger partial charge in [-0.1, -0.05) is 0 Å². The Morgan fingerprint density at radius 3 is 2.42 bits per heavy atom.